The number of H-pyrrole nitrogens is 1. The van der Waals surface area contributed by atoms with Gasteiger partial charge in [-0.1, -0.05) is 24.3 Å². The number of benzene rings is 1. The monoisotopic (exact) mass is 410 g/mol. The van der Waals surface area contributed by atoms with Crippen molar-refractivity contribution in [2.45, 2.75) is 39.0 Å². The van der Waals surface area contributed by atoms with E-state index in [1.165, 1.54) is 0 Å². The van der Waals surface area contributed by atoms with Crippen LogP contribution in [-0.4, -0.2) is 46.0 Å². The summed E-state index contributed by atoms with van der Waals surface area (Å²) in [6, 6.07) is 7.96. The van der Waals surface area contributed by atoms with Crippen molar-refractivity contribution in [2.24, 2.45) is 11.3 Å². The molecule has 2 heterocycles. The zero-order chi connectivity index (χ0) is 21.3. The van der Waals surface area contributed by atoms with Gasteiger partial charge >= 0.3 is 11.9 Å². The van der Waals surface area contributed by atoms with Crippen molar-refractivity contribution in [1.82, 2.24) is 9.88 Å². The number of hydrogen-bond donors (Lipinski definition) is 2. The maximum Gasteiger partial charge on any atom is 0.318 e. The first kappa shape index (κ1) is 20.2. The molecule has 0 spiro atoms. The molecule has 1 aliphatic heterocycles. The minimum atomic E-state index is -1.19. The predicted octanol–water partition coefficient (Wildman–Crippen LogP) is 3.26. The number of aromatic nitrogens is 1. The molecule has 0 saturated carbocycles. The van der Waals surface area contributed by atoms with Gasteiger partial charge < -0.3 is 19.7 Å². The van der Waals surface area contributed by atoms with E-state index in [9.17, 15) is 19.5 Å². The molecule has 7 heteroatoms. The molecule has 30 heavy (non-hydrogen) atoms. The zero-order valence-electron chi connectivity index (χ0n) is 17.0. The summed E-state index contributed by atoms with van der Waals surface area (Å²) in [5.41, 5.74) is 1.55. The summed E-state index contributed by atoms with van der Waals surface area (Å²) in [7, 11) is 0. The highest BCUT2D eigenvalue weighted by molar-refractivity contribution is 5.98. The molecule has 0 bridgehead atoms. The Kier molecular flexibility index (Phi) is 5.37. The van der Waals surface area contributed by atoms with Crippen LogP contribution < -0.4 is 0 Å². The molecule has 1 saturated heterocycles. The number of nitrogens with one attached hydrogen (secondary N) is 1. The Hall–Kier alpha value is -3.09. The minimum Gasteiger partial charge on any atom is -0.481 e. The lowest BCUT2D eigenvalue weighted by Crippen LogP contribution is -2.41. The van der Waals surface area contributed by atoms with E-state index in [-0.39, 0.29) is 18.9 Å². The summed E-state index contributed by atoms with van der Waals surface area (Å²) in [6.45, 7) is 2.31. The molecule has 158 valence electrons. The van der Waals surface area contributed by atoms with Crippen LogP contribution in [-0.2, 0) is 25.5 Å². The third-order valence-electron chi connectivity index (χ3n) is 6.32. The quantitative estimate of drug-likeness (QED) is 0.683. The Morgan fingerprint density at radius 1 is 1.33 bits per heavy atom. The average molecular weight is 410 g/mol. The number of carbonyl (C=O) groups excluding carboxylic acids is 2. The standard InChI is InChI=1S/C23H26N2O5/c1-2-30-22(29)23-11-6-5-9-19(23)25(21(28)17(23)13-20(26)27)12-10-15-14-24-18-8-4-3-7-16(15)18/h3-4,7-9,14,17,24H,2,5-6,10-13H2,1H3,(H,26,27)/t17-,23-/m1/s1. The summed E-state index contributed by atoms with van der Waals surface area (Å²) in [4.78, 5) is 42.8. The SMILES string of the molecule is CCOC(=O)[C@@]12CCCC=C1N(CCc1c[nH]c3ccccc13)C(=O)[C@H]2CC(=O)O. The number of likely N-dealkylation sites (tertiary alicyclic amines) is 1. The van der Waals surface area contributed by atoms with E-state index in [4.69, 9.17) is 4.74 Å². The number of carbonyl (C=O) groups is 3. The van der Waals surface area contributed by atoms with Crippen molar-refractivity contribution < 1.29 is 24.2 Å². The fraction of sp³-hybridized carbons (Fsp3) is 0.435. The Morgan fingerprint density at radius 3 is 2.90 bits per heavy atom. The van der Waals surface area contributed by atoms with E-state index in [2.05, 4.69) is 4.98 Å². The van der Waals surface area contributed by atoms with Crippen LogP contribution in [0.5, 0.6) is 0 Å². The van der Waals surface area contributed by atoms with Crippen LogP contribution in [0.2, 0.25) is 0 Å². The van der Waals surface area contributed by atoms with E-state index in [1.54, 1.807) is 11.8 Å². The highest BCUT2D eigenvalue weighted by atomic mass is 16.5. The molecule has 1 aliphatic carbocycles. The number of nitrogens with zero attached hydrogens (tertiary/aromatic N) is 1. The van der Waals surface area contributed by atoms with Crippen molar-refractivity contribution >= 4 is 28.7 Å². The number of carboxylic acids is 1. The number of esters is 1. The molecule has 1 amide bonds. The molecule has 4 rings (SSSR count). The van der Waals surface area contributed by atoms with E-state index in [1.807, 2.05) is 36.5 Å². The van der Waals surface area contributed by atoms with Crippen LogP contribution >= 0.6 is 0 Å². The maximum absolute atomic E-state index is 13.4. The van der Waals surface area contributed by atoms with E-state index >= 15 is 0 Å². The largest absolute Gasteiger partial charge is 0.481 e. The summed E-state index contributed by atoms with van der Waals surface area (Å²) < 4.78 is 5.35. The van der Waals surface area contributed by atoms with Gasteiger partial charge in [-0.2, -0.15) is 0 Å². The van der Waals surface area contributed by atoms with Gasteiger partial charge in [-0.15, -0.1) is 0 Å². The number of aromatic amines is 1. The van der Waals surface area contributed by atoms with Gasteiger partial charge in [-0.05, 0) is 44.2 Å². The van der Waals surface area contributed by atoms with Crippen LogP contribution in [0, 0.1) is 11.3 Å². The molecule has 0 unspecified atom stereocenters. The molecule has 7 nitrogen and oxygen atoms in total. The molecule has 1 fully saturated rings. The number of rotatable bonds is 7. The molecular formula is C23H26N2O5. The Balaban J connectivity index is 1.67. The summed E-state index contributed by atoms with van der Waals surface area (Å²) >= 11 is 0. The van der Waals surface area contributed by atoms with Gasteiger partial charge in [0.1, 0.15) is 5.41 Å². The smallest absolute Gasteiger partial charge is 0.318 e. The lowest BCUT2D eigenvalue weighted by molar-refractivity contribution is -0.159. The first-order chi connectivity index (χ1) is 14.5. The van der Waals surface area contributed by atoms with Gasteiger partial charge in [-0.25, -0.2) is 0 Å². The second-order valence-electron chi connectivity index (χ2n) is 7.92. The number of ether oxygens (including phenoxy) is 1. The van der Waals surface area contributed by atoms with E-state index in [0.717, 1.165) is 29.3 Å². The number of amides is 1. The van der Waals surface area contributed by atoms with Crippen molar-refractivity contribution in [3.05, 3.63) is 47.8 Å². The number of hydrogen-bond acceptors (Lipinski definition) is 4. The molecule has 0 radical (unpaired) electrons. The molecule has 2 aromatic rings. The Bertz CT molecular complexity index is 1020. The maximum atomic E-state index is 13.4. The second kappa shape index (κ2) is 7.97. The number of carboxylic acid groups (broad SMARTS) is 1. The fourth-order valence-corrected chi connectivity index (χ4v) is 5.00. The molecule has 1 aromatic carbocycles. The van der Waals surface area contributed by atoms with Gasteiger partial charge in [-0.3, -0.25) is 14.4 Å². The number of allylic oxidation sites excluding steroid dienone is 1. The van der Waals surface area contributed by atoms with Gasteiger partial charge in [0.25, 0.3) is 0 Å². The lowest BCUT2D eigenvalue weighted by Gasteiger charge is -2.35. The molecular weight excluding hydrogens is 384 g/mol. The molecule has 2 N–H and O–H groups in total. The summed E-state index contributed by atoms with van der Waals surface area (Å²) in [5, 5.41) is 10.5. The topological polar surface area (TPSA) is 99.7 Å². The normalized spacial score (nSPS) is 23.4. The molecule has 2 atom stereocenters. The highest BCUT2D eigenvalue weighted by Gasteiger charge is 2.62. The first-order valence-electron chi connectivity index (χ1n) is 10.4. The van der Waals surface area contributed by atoms with Crippen LogP contribution in [0.15, 0.2) is 42.2 Å². The van der Waals surface area contributed by atoms with Gasteiger partial charge in [0.05, 0.1) is 18.9 Å². The highest BCUT2D eigenvalue weighted by Crippen LogP contribution is 2.53. The van der Waals surface area contributed by atoms with Gasteiger partial charge in [0.15, 0.2) is 0 Å². The van der Waals surface area contributed by atoms with Crippen molar-refractivity contribution in [2.75, 3.05) is 13.2 Å². The van der Waals surface area contributed by atoms with Gasteiger partial charge in [0.2, 0.25) is 5.91 Å². The van der Waals surface area contributed by atoms with E-state index in [0.29, 0.717) is 25.1 Å². The third kappa shape index (κ3) is 3.18. The predicted molar refractivity (Wildman–Crippen MR) is 110 cm³/mol. The van der Waals surface area contributed by atoms with Crippen molar-refractivity contribution in [3.63, 3.8) is 0 Å². The van der Waals surface area contributed by atoms with Crippen molar-refractivity contribution in [3.8, 4) is 0 Å². The van der Waals surface area contributed by atoms with Gasteiger partial charge in [0, 0.05) is 29.3 Å². The fourth-order valence-electron chi connectivity index (χ4n) is 5.00. The average Bonchev–Trinajstić information content (AvgIpc) is 3.25. The van der Waals surface area contributed by atoms with Crippen LogP contribution in [0.3, 0.4) is 0 Å². The number of para-hydroxylation sites is 1. The second-order valence-corrected chi connectivity index (χ2v) is 7.92. The van der Waals surface area contributed by atoms with Crippen LogP contribution in [0.4, 0.5) is 0 Å². The third-order valence-corrected chi connectivity index (χ3v) is 6.32. The van der Waals surface area contributed by atoms with Crippen LogP contribution in [0.1, 0.15) is 38.2 Å². The first-order valence-corrected chi connectivity index (χ1v) is 10.4. The molecule has 1 aromatic heterocycles. The number of fused-ring (bicyclic) bond motifs is 2. The molecule has 2 aliphatic rings. The van der Waals surface area contributed by atoms with Crippen LogP contribution in [0.25, 0.3) is 10.9 Å². The summed E-state index contributed by atoms with van der Waals surface area (Å²) in [6.07, 6.45) is 6.01. The van der Waals surface area contributed by atoms with E-state index < -0.39 is 23.3 Å². The lowest BCUT2D eigenvalue weighted by atomic mass is 9.68. The minimum absolute atomic E-state index is 0.192. The number of aliphatic carboxylic acids is 1. The van der Waals surface area contributed by atoms with Crippen molar-refractivity contribution in [1.29, 1.82) is 0 Å². The zero-order valence-corrected chi connectivity index (χ0v) is 17.0. The Morgan fingerprint density at radius 2 is 2.13 bits per heavy atom. The summed E-state index contributed by atoms with van der Waals surface area (Å²) in [5.74, 6) is -2.78. The Labute approximate surface area is 174 Å².